The zero-order valence-corrected chi connectivity index (χ0v) is 11.8. The lowest BCUT2D eigenvalue weighted by molar-refractivity contribution is 0.400. The van der Waals surface area contributed by atoms with Gasteiger partial charge in [-0.3, -0.25) is 0 Å². The monoisotopic (exact) mass is 251 g/mol. The summed E-state index contributed by atoms with van der Waals surface area (Å²) in [5, 5.41) is 0. The van der Waals surface area contributed by atoms with E-state index in [0.29, 0.717) is 11.6 Å². The first-order valence-corrected chi connectivity index (χ1v) is 6.78. The normalized spacial score (nSPS) is 10.4. The minimum atomic E-state index is 0.519. The van der Waals surface area contributed by atoms with E-state index in [1.807, 2.05) is 12.1 Å². The molecule has 0 aliphatic carbocycles. The van der Waals surface area contributed by atoms with Gasteiger partial charge in [0.15, 0.2) is 0 Å². The maximum atomic E-state index is 5.79. The third-order valence-corrected chi connectivity index (χ3v) is 2.96. The lowest BCUT2D eigenvalue weighted by atomic mass is 10.2. The van der Waals surface area contributed by atoms with Gasteiger partial charge in [0, 0.05) is 13.1 Å². The Morgan fingerprint density at radius 3 is 2.28 bits per heavy atom. The Morgan fingerprint density at radius 2 is 1.78 bits per heavy atom. The van der Waals surface area contributed by atoms with Gasteiger partial charge in [0.25, 0.3) is 0 Å². The zero-order valence-electron chi connectivity index (χ0n) is 11.8. The molecule has 0 aliphatic heterocycles. The maximum Gasteiger partial charge on any atom is 0.238 e. The van der Waals surface area contributed by atoms with Gasteiger partial charge in [-0.25, -0.2) is 0 Å². The smallest absolute Gasteiger partial charge is 0.238 e. The van der Waals surface area contributed by atoms with Gasteiger partial charge in [0.05, 0.1) is 12.8 Å². The Hall–Kier alpha value is -1.45. The molecule has 1 heterocycles. The fourth-order valence-corrected chi connectivity index (χ4v) is 1.82. The maximum absolute atomic E-state index is 5.79. The van der Waals surface area contributed by atoms with E-state index in [-0.39, 0.29) is 0 Å². The largest absolute Gasteiger partial charge is 0.479 e. The van der Waals surface area contributed by atoms with E-state index in [9.17, 15) is 0 Å². The molecule has 102 valence electrons. The van der Waals surface area contributed by atoms with E-state index in [1.54, 1.807) is 7.11 Å². The van der Waals surface area contributed by atoms with Crippen LogP contribution in [0.25, 0.3) is 0 Å². The zero-order chi connectivity index (χ0) is 13.4. The number of pyridine rings is 1. The van der Waals surface area contributed by atoms with Crippen LogP contribution in [0, 0.1) is 0 Å². The molecule has 0 saturated heterocycles. The summed E-state index contributed by atoms with van der Waals surface area (Å²) in [6.45, 7) is 6.48. The first-order valence-electron chi connectivity index (χ1n) is 6.78. The average Bonchev–Trinajstić information content (AvgIpc) is 2.40. The quantitative estimate of drug-likeness (QED) is 0.771. The molecule has 0 unspecified atom stereocenters. The number of nitrogens with two attached hydrogens (primary N) is 1. The van der Waals surface area contributed by atoms with Crippen LogP contribution in [0.5, 0.6) is 5.88 Å². The molecule has 1 rings (SSSR count). The lowest BCUT2D eigenvalue weighted by Crippen LogP contribution is -2.26. The van der Waals surface area contributed by atoms with Crippen LogP contribution in [0.1, 0.15) is 39.5 Å². The number of nitrogens with zero attached hydrogens (tertiary/aromatic N) is 2. The second kappa shape index (κ2) is 7.80. The van der Waals surface area contributed by atoms with Gasteiger partial charge in [0.1, 0.15) is 5.82 Å². The van der Waals surface area contributed by atoms with Crippen LogP contribution in [-0.2, 0) is 0 Å². The van der Waals surface area contributed by atoms with Crippen molar-refractivity contribution in [3.05, 3.63) is 12.1 Å². The highest BCUT2D eigenvalue weighted by molar-refractivity contribution is 5.54. The second-order valence-corrected chi connectivity index (χ2v) is 4.46. The van der Waals surface area contributed by atoms with E-state index in [4.69, 9.17) is 10.5 Å². The lowest BCUT2D eigenvalue weighted by Gasteiger charge is -2.24. The van der Waals surface area contributed by atoms with Crippen LogP contribution in [0.4, 0.5) is 11.5 Å². The number of hydrogen-bond acceptors (Lipinski definition) is 4. The van der Waals surface area contributed by atoms with Crippen LogP contribution < -0.4 is 15.4 Å². The van der Waals surface area contributed by atoms with Crippen molar-refractivity contribution in [3.63, 3.8) is 0 Å². The van der Waals surface area contributed by atoms with Crippen molar-refractivity contribution in [1.29, 1.82) is 0 Å². The highest BCUT2D eigenvalue weighted by Gasteiger charge is 2.10. The highest BCUT2D eigenvalue weighted by Crippen LogP contribution is 2.23. The van der Waals surface area contributed by atoms with Crippen molar-refractivity contribution in [3.8, 4) is 5.88 Å². The van der Waals surface area contributed by atoms with Crippen molar-refractivity contribution in [1.82, 2.24) is 4.98 Å². The molecule has 18 heavy (non-hydrogen) atoms. The summed E-state index contributed by atoms with van der Waals surface area (Å²) in [5.74, 6) is 1.48. The summed E-state index contributed by atoms with van der Waals surface area (Å²) in [7, 11) is 1.60. The van der Waals surface area contributed by atoms with Crippen molar-refractivity contribution in [2.24, 2.45) is 0 Å². The fraction of sp³-hybridized carbons (Fsp3) is 0.643. The molecule has 0 aromatic carbocycles. The summed E-state index contributed by atoms with van der Waals surface area (Å²) >= 11 is 0. The van der Waals surface area contributed by atoms with Crippen LogP contribution in [0.2, 0.25) is 0 Å². The minimum Gasteiger partial charge on any atom is -0.479 e. The predicted octanol–water partition coefficient (Wildman–Crippen LogP) is 3.08. The van der Waals surface area contributed by atoms with Crippen molar-refractivity contribution < 1.29 is 4.74 Å². The SMILES string of the molecule is CCCCN(CCCC)c1ccc(N)c(OC)n1. The number of hydrogen-bond donors (Lipinski definition) is 1. The predicted molar refractivity (Wildman–Crippen MR) is 77.2 cm³/mol. The molecule has 0 amide bonds. The molecule has 0 bridgehead atoms. The second-order valence-electron chi connectivity index (χ2n) is 4.46. The first kappa shape index (κ1) is 14.6. The van der Waals surface area contributed by atoms with Crippen molar-refractivity contribution >= 4 is 11.5 Å². The topological polar surface area (TPSA) is 51.4 Å². The standard InChI is InChI=1S/C14H25N3O/c1-4-6-10-17(11-7-5-2)13-9-8-12(15)14(16-13)18-3/h8-9H,4-7,10-11,15H2,1-3H3. The van der Waals surface area contributed by atoms with Crippen LogP contribution in [0.3, 0.4) is 0 Å². The van der Waals surface area contributed by atoms with Gasteiger partial charge in [-0.15, -0.1) is 0 Å². The van der Waals surface area contributed by atoms with Gasteiger partial charge in [-0.1, -0.05) is 26.7 Å². The molecular weight excluding hydrogens is 226 g/mol. The summed E-state index contributed by atoms with van der Waals surface area (Å²) in [5.41, 5.74) is 6.38. The third-order valence-electron chi connectivity index (χ3n) is 2.96. The number of anilines is 2. The van der Waals surface area contributed by atoms with E-state index in [2.05, 4.69) is 23.7 Å². The fourth-order valence-electron chi connectivity index (χ4n) is 1.82. The Balaban J connectivity index is 2.82. The van der Waals surface area contributed by atoms with E-state index in [1.165, 1.54) is 25.7 Å². The summed E-state index contributed by atoms with van der Waals surface area (Å²) in [6.07, 6.45) is 4.74. The number of methoxy groups -OCH3 is 1. The Labute approximate surface area is 110 Å². The molecule has 4 heteroatoms. The van der Waals surface area contributed by atoms with Crippen LogP contribution in [-0.4, -0.2) is 25.2 Å². The highest BCUT2D eigenvalue weighted by atomic mass is 16.5. The van der Waals surface area contributed by atoms with Gasteiger partial charge in [-0.2, -0.15) is 4.98 Å². The van der Waals surface area contributed by atoms with Crippen molar-refractivity contribution in [2.75, 3.05) is 30.8 Å². The van der Waals surface area contributed by atoms with Crippen LogP contribution >= 0.6 is 0 Å². The van der Waals surface area contributed by atoms with Gasteiger partial charge < -0.3 is 15.4 Å². The minimum absolute atomic E-state index is 0.519. The average molecular weight is 251 g/mol. The number of aromatic nitrogens is 1. The Bertz CT molecular complexity index is 347. The summed E-state index contributed by atoms with van der Waals surface area (Å²) in [4.78, 5) is 6.79. The number of unbranched alkanes of at least 4 members (excludes halogenated alkanes) is 2. The number of ether oxygens (including phenoxy) is 1. The van der Waals surface area contributed by atoms with Crippen LogP contribution in [0.15, 0.2) is 12.1 Å². The first-order chi connectivity index (χ1) is 8.72. The molecule has 2 N–H and O–H groups in total. The molecule has 0 saturated carbocycles. The summed E-state index contributed by atoms with van der Waals surface area (Å²) < 4.78 is 5.18. The molecule has 0 aliphatic rings. The molecule has 4 nitrogen and oxygen atoms in total. The van der Waals surface area contributed by atoms with Gasteiger partial charge >= 0.3 is 0 Å². The molecule has 0 fully saturated rings. The molecule has 0 atom stereocenters. The Kier molecular flexibility index (Phi) is 6.33. The third kappa shape index (κ3) is 4.09. The van der Waals surface area contributed by atoms with E-state index >= 15 is 0 Å². The molecule has 0 radical (unpaired) electrons. The molecular formula is C14H25N3O. The van der Waals surface area contributed by atoms with E-state index < -0.39 is 0 Å². The van der Waals surface area contributed by atoms with E-state index in [0.717, 1.165) is 18.9 Å². The van der Waals surface area contributed by atoms with Crippen molar-refractivity contribution in [2.45, 2.75) is 39.5 Å². The number of nitrogen functional groups attached to an aromatic ring is 1. The molecule has 1 aromatic heterocycles. The van der Waals surface area contributed by atoms with Gasteiger partial charge in [-0.05, 0) is 25.0 Å². The molecule has 1 aromatic rings. The van der Waals surface area contributed by atoms with Gasteiger partial charge in [0.2, 0.25) is 5.88 Å². The number of rotatable bonds is 8. The molecule has 0 spiro atoms. The Morgan fingerprint density at radius 1 is 1.17 bits per heavy atom. The summed E-state index contributed by atoms with van der Waals surface area (Å²) in [6, 6.07) is 3.84.